The molecule has 2 N–H and O–H groups in total. The van der Waals surface area contributed by atoms with E-state index < -0.39 is 0 Å². The largest absolute Gasteiger partial charge is 0.326 e. The normalized spacial score (nSPS) is 14.3. The topological polar surface area (TPSA) is 26.0 Å². The second kappa shape index (κ2) is 7.34. The number of thiophene rings is 1. The average Bonchev–Trinajstić information content (AvgIpc) is 2.94. The first kappa shape index (κ1) is 14.9. The summed E-state index contributed by atoms with van der Waals surface area (Å²) >= 11 is 9.55. The minimum Gasteiger partial charge on any atom is -0.326 e. The molecule has 0 aliphatic heterocycles. The van der Waals surface area contributed by atoms with Gasteiger partial charge in [0.15, 0.2) is 0 Å². The molecule has 2 aromatic rings. The summed E-state index contributed by atoms with van der Waals surface area (Å²) in [6.07, 6.45) is 0.994. The molecule has 102 valence electrons. The first-order valence-electron chi connectivity index (χ1n) is 6.34. The molecule has 2 atom stereocenters. The third-order valence-electron chi connectivity index (χ3n) is 3.07. The maximum Gasteiger partial charge on any atom is 0.0459 e. The fraction of sp³-hybridized carbons (Fsp3) is 0.333. The molecule has 0 aliphatic carbocycles. The van der Waals surface area contributed by atoms with E-state index in [2.05, 4.69) is 35.9 Å². The van der Waals surface area contributed by atoms with Crippen molar-refractivity contribution in [1.82, 2.24) is 0 Å². The fourth-order valence-corrected chi connectivity index (χ4v) is 4.14. The summed E-state index contributed by atoms with van der Waals surface area (Å²) < 4.78 is 0. The predicted molar refractivity (Wildman–Crippen MR) is 88.1 cm³/mol. The van der Waals surface area contributed by atoms with Crippen LogP contribution in [0.15, 0.2) is 41.1 Å². The second-order valence-electron chi connectivity index (χ2n) is 4.49. The summed E-state index contributed by atoms with van der Waals surface area (Å²) in [6, 6.07) is 10.4. The van der Waals surface area contributed by atoms with Crippen molar-refractivity contribution in [2.75, 3.05) is 0 Å². The van der Waals surface area contributed by atoms with Gasteiger partial charge >= 0.3 is 0 Å². The van der Waals surface area contributed by atoms with Gasteiger partial charge in [-0.25, -0.2) is 0 Å². The van der Waals surface area contributed by atoms with E-state index in [4.69, 9.17) is 17.3 Å². The quantitative estimate of drug-likeness (QED) is 0.802. The van der Waals surface area contributed by atoms with Crippen LogP contribution in [0.2, 0.25) is 5.02 Å². The van der Waals surface area contributed by atoms with Crippen LogP contribution in [-0.2, 0) is 5.75 Å². The number of hydrogen-bond acceptors (Lipinski definition) is 3. The first-order chi connectivity index (χ1) is 9.20. The zero-order chi connectivity index (χ0) is 13.7. The molecular formula is C15H18ClNS2. The van der Waals surface area contributed by atoms with Gasteiger partial charge in [0.05, 0.1) is 0 Å². The van der Waals surface area contributed by atoms with Crippen molar-refractivity contribution in [1.29, 1.82) is 0 Å². The van der Waals surface area contributed by atoms with Gasteiger partial charge in [-0.1, -0.05) is 30.7 Å². The maximum absolute atomic E-state index is 6.26. The Morgan fingerprint density at radius 2 is 2.00 bits per heavy atom. The molecule has 0 radical (unpaired) electrons. The molecule has 1 heterocycles. The zero-order valence-corrected chi connectivity index (χ0v) is 13.3. The van der Waals surface area contributed by atoms with E-state index in [1.54, 1.807) is 11.3 Å². The summed E-state index contributed by atoms with van der Waals surface area (Å²) in [7, 11) is 0. The Labute approximate surface area is 128 Å². The van der Waals surface area contributed by atoms with Crippen LogP contribution >= 0.6 is 34.7 Å². The number of halogens is 1. The molecule has 0 amide bonds. The number of nitrogens with two attached hydrogens (primary N) is 1. The molecule has 0 fully saturated rings. The molecule has 2 rings (SSSR count). The van der Waals surface area contributed by atoms with Crippen molar-refractivity contribution in [3.63, 3.8) is 0 Å². The zero-order valence-electron chi connectivity index (χ0n) is 10.9. The molecule has 1 aromatic heterocycles. The van der Waals surface area contributed by atoms with Crippen LogP contribution in [0.3, 0.4) is 0 Å². The summed E-state index contributed by atoms with van der Waals surface area (Å²) in [5, 5.41) is 5.48. The highest BCUT2D eigenvalue weighted by Gasteiger charge is 2.19. The predicted octanol–water partition coefficient (Wildman–Crippen LogP) is 5.11. The lowest BCUT2D eigenvalue weighted by Crippen LogP contribution is -2.25. The van der Waals surface area contributed by atoms with Crippen molar-refractivity contribution >= 4 is 34.7 Å². The maximum atomic E-state index is 6.26. The molecule has 4 heteroatoms. The smallest absolute Gasteiger partial charge is 0.0459 e. The van der Waals surface area contributed by atoms with E-state index in [-0.39, 0.29) is 6.04 Å². The lowest BCUT2D eigenvalue weighted by atomic mass is 10.1. The van der Waals surface area contributed by atoms with E-state index in [0.717, 1.165) is 17.2 Å². The van der Waals surface area contributed by atoms with Crippen molar-refractivity contribution in [2.24, 2.45) is 5.73 Å². The van der Waals surface area contributed by atoms with Crippen molar-refractivity contribution in [3.05, 3.63) is 57.2 Å². The number of hydrogen-bond donors (Lipinski definition) is 1. The van der Waals surface area contributed by atoms with E-state index in [9.17, 15) is 0 Å². The van der Waals surface area contributed by atoms with Crippen LogP contribution < -0.4 is 5.73 Å². The van der Waals surface area contributed by atoms with E-state index in [0.29, 0.717) is 5.25 Å². The van der Waals surface area contributed by atoms with Crippen molar-refractivity contribution < 1.29 is 0 Å². The van der Waals surface area contributed by atoms with Gasteiger partial charge in [-0.05, 0) is 46.5 Å². The van der Waals surface area contributed by atoms with Crippen molar-refractivity contribution in [2.45, 2.75) is 30.4 Å². The van der Waals surface area contributed by atoms with Crippen LogP contribution in [0.5, 0.6) is 0 Å². The lowest BCUT2D eigenvalue weighted by molar-refractivity contribution is 0.635. The highest BCUT2D eigenvalue weighted by Crippen LogP contribution is 2.36. The minimum absolute atomic E-state index is 0.201. The van der Waals surface area contributed by atoms with Gasteiger partial charge in [0.25, 0.3) is 0 Å². The minimum atomic E-state index is 0.201. The van der Waals surface area contributed by atoms with Gasteiger partial charge in [-0.3, -0.25) is 0 Å². The van der Waals surface area contributed by atoms with E-state index in [1.165, 1.54) is 11.1 Å². The molecule has 19 heavy (non-hydrogen) atoms. The first-order valence-corrected chi connectivity index (χ1v) is 8.71. The summed E-state index contributed by atoms with van der Waals surface area (Å²) in [4.78, 5) is 0. The Morgan fingerprint density at radius 1 is 1.26 bits per heavy atom. The molecule has 0 bridgehead atoms. The van der Waals surface area contributed by atoms with Crippen LogP contribution in [0.1, 0.15) is 29.7 Å². The lowest BCUT2D eigenvalue weighted by Gasteiger charge is -2.21. The van der Waals surface area contributed by atoms with Gasteiger partial charge in [-0.15, -0.1) is 11.8 Å². The molecule has 0 spiro atoms. The van der Waals surface area contributed by atoms with Gasteiger partial charge in [0.1, 0.15) is 0 Å². The van der Waals surface area contributed by atoms with Crippen molar-refractivity contribution in [3.8, 4) is 0 Å². The molecule has 0 aliphatic rings. The van der Waals surface area contributed by atoms with Crippen LogP contribution in [-0.4, -0.2) is 6.04 Å². The molecule has 1 nitrogen and oxygen atoms in total. The SMILES string of the molecule is CCC(N)C(SCc1ccc(Cl)cc1)c1ccsc1. The monoisotopic (exact) mass is 311 g/mol. The Hall–Kier alpha value is -0.480. The number of rotatable bonds is 6. The Kier molecular flexibility index (Phi) is 5.76. The fourth-order valence-electron chi connectivity index (χ4n) is 1.88. The number of thioether (sulfide) groups is 1. The van der Waals surface area contributed by atoms with Crippen LogP contribution in [0.25, 0.3) is 0 Å². The van der Waals surface area contributed by atoms with Gasteiger partial charge < -0.3 is 5.73 Å². The Balaban J connectivity index is 2.02. The molecule has 1 aromatic carbocycles. The standard InChI is InChI=1S/C15H18ClNS2/c1-2-14(17)15(12-7-8-18-10-12)19-9-11-3-5-13(16)6-4-11/h3-8,10,14-15H,2,9,17H2,1H3. The van der Waals surface area contributed by atoms with Gasteiger partial charge in [-0.2, -0.15) is 11.3 Å². The van der Waals surface area contributed by atoms with Gasteiger partial charge in [0, 0.05) is 22.1 Å². The average molecular weight is 312 g/mol. The summed E-state index contributed by atoms with van der Waals surface area (Å²) in [5.41, 5.74) is 8.89. The van der Waals surface area contributed by atoms with Crippen LogP contribution in [0.4, 0.5) is 0 Å². The molecule has 0 saturated carbocycles. The third kappa shape index (κ3) is 4.25. The third-order valence-corrected chi connectivity index (χ3v) is 5.51. The Morgan fingerprint density at radius 3 is 2.58 bits per heavy atom. The molecule has 0 saturated heterocycles. The Bertz CT molecular complexity index is 481. The van der Waals surface area contributed by atoms with E-state index >= 15 is 0 Å². The number of benzene rings is 1. The van der Waals surface area contributed by atoms with E-state index in [1.807, 2.05) is 23.9 Å². The highest BCUT2D eigenvalue weighted by atomic mass is 35.5. The second-order valence-corrected chi connectivity index (χ2v) is 6.83. The molecule has 2 unspecified atom stereocenters. The summed E-state index contributed by atoms with van der Waals surface area (Å²) in [5.74, 6) is 0.964. The van der Waals surface area contributed by atoms with Gasteiger partial charge in [0.2, 0.25) is 0 Å². The summed E-state index contributed by atoms with van der Waals surface area (Å²) in [6.45, 7) is 2.15. The van der Waals surface area contributed by atoms with Crippen LogP contribution in [0, 0.1) is 0 Å². The highest BCUT2D eigenvalue weighted by molar-refractivity contribution is 7.98. The molecular weight excluding hydrogens is 294 g/mol.